The number of fused-ring (bicyclic) bond motifs is 1. The lowest BCUT2D eigenvalue weighted by Gasteiger charge is -2.44. The molecule has 1 aliphatic heterocycles. The van der Waals surface area contributed by atoms with Crippen LogP contribution in [0.5, 0.6) is 0 Å². The number of piperidine rings is 1. The Morgan fingerprint density at radius 1 is 1.15 bits per heavy atom. The number of hydrogen-bond donors (Lipinski definition) is 1. The summed E-state index contributed by atoms with van der Waals surface area (Å²) in [5.74, 6) is 1.47. The minimum absolute atomic E-state index is 0.503. The first-order chi connectivity index (χ1) is 9.81. The first kappa shape index (κ1) is 14.1. The van der Waals surface area contributed by atoms with Crippen LogP contribution in [0.4, 0.5) is 0 Å². The summed E-state index contributed by atoms with van der Waals surface area (Å²) in [5, 5.41) is 0. The van der Waals surface area contributed by atoms with Crippen molar-refractivity contribution in [1.82, 2.24) is 4.90 Å². The fourth-order valence-corrected chi connectivity index (χ4v) is 4.51. The first-order valence-electron chi connectivity index (χ1n) is 8.32. The molecule has 3 rings (SSSR count). The maximum atomic E-state index is 6.18. The second kappa shape index (κ2) is 6.28. The van der Waals surface area contributed by atoms with E-state index in [1.165, 1.54) is 44.2 Å². The molecule has 2 N–H and O–H groups in total. The van der Waals surface area contributed by atoms with E-state index in [9.17, 15) is 0 Å². The number of benzene rings is 1. The summed E-state index contributed by atoms with van der Waals surface area (Å²) in [6.45, 7) is 4.38. The van der Waals surface area contributed by atoms with Gasteiger partial charge >= 0.3 is 0 Å². The van der Waals surface area contributed by atoms with Gasteiger partial charge in [0.25, 0.3) is 0 Å². The Morgan fingerprint density at radius 2 is 1.90 bits per heavy atom. The van der Waals surface area contributed by atoms with Crippen LogP contribution in [-0.2, 0) is 0 Å². The highest BCUT2D eigenvalue weighted by Gasteiger charge is 2.39. The fourth-order valence-electron chi connectivity index (χ4n) is 4.51. The summed E-state index contributed by atoms with van der Waals surface area (Å²) in [5.41, 5.74) is 7.62. The van der Waals surface area contributed by atoms with Gasteiger partial charge in [-0.25, -0.2) is 0 Å². The normalized spacial score (nSPS) is 29.9. The lowest BCUT2D eigenvalue weighted by atomic mass is 9.86. The molecular weight excluding hydrogens is 244 g/mol. The number of hydrogen-bond acceptors (Lipinski definition) is 2. The second-order valence-corrected chi connectivity index (χ2v) is 6.64. The predicted octanol–water partition coefficient (Wildman–Crippen LogP) is 3.38. The zero-order chi connectivity index (χ0) is 13.9. The van der Waals surface area contributed by atoms with Gasteiger partial charge in [-0.1, -0.05) is 43.7 Å². The van der Waals surface area contributed by atoms with Crippen molar-refractivity contribution in [1.29, 1.82) is 0 Å². The topological polar surface area (TPSA) is 29.3 Å². The standard InChI is InChI=1S/C18H28N2/c1-14(15-7-3-2-4-8-15)18(13-19)20-12-6-10-16-9-5-11-17(16)20/h2-4,7-8,14,16-18H,5-6,9-13,19H2,1H3. The Kier molecular flexibility index (Phi) is 4.42. The third-order valence-corrected chi connectivity index (χ3v) is 5.61. The SMILES string of the molecule is CC(c1ccccc1)C(CN)N1CCCC2CCCC21. The van der Waals surface area contributed by atoms with Crippen molar-refractivity contribution in [3.8, 4) is 0 Å². The van der Waals surface area contributed by atoms with E-state index in [1.807, 2.05) is 0 Å². The molecule has 20 heavy (non-hydrogen) atoms. The summed E-state index contributed by atoms with van der Waals surface area (Å²) < 4.78 is 0. The van der Waals surface area contributed by atoms with Crippen LogP contribution in [-0.4, -0.2) is 30.1 Å². The molecule has 0 bridgehead atoms. The minimum atomic E-state index is 0.503. The molecular formula is C18H28N2. The average molecular weight is 272 g/mol. The van der Waals surface area contributed by atoms with Crippen molar-refractivity contribution in [2.24, 2.45) is 11.7 Å². The van der Waals surface area contributed by atoms with E-state index in [1.54, 1.807) is 0 Å². The van der Waals surface area contributed by atoms with Gasteiger partial charge < -0.3 is 5.73 Å². The van der Waals surface area contributed by atoms with Crippen LogP contribution in [0.25, 0.3) is 0 Å². The molecule has 110 valence electrons. The van der Waals surface area contributed by atoms with Gasteiger partial charge in [-0.15, -0.1) is 0 Å². The zero-order valence-electron chi connectivity index (χ0n) is 12.7. The summed E-state index contributed by atoms with van der Waals surface area (Å²) >= 11 is 0. The lowest BCUT2D eigenvalue weighted by molar-refractivity contribution is 0.0604. The third kappa shape index (κ3) is 2.64. The molecule has 1 saturated carbocycles. The monoisotopic (exact) mass is 272 g/mol. The van der Waals surface area contributed by atoms with E-state index in [4.69, 9.17) is 5.73 Å². The van der Waals surface area contributed by atoms with Crippen LogP contribution < -0.4 is 5.73 Å². The highest BCUT2D eigenvalue weighted by Crippen LogP contribution is 2.39. The van der Waals surface area contributed by atoms with Gasteiger partial charge in [0.2, 0.25) is 0 Å². The number of rotatable bonds is 4. The highest BCUT2D eigenvalue weighted by atomic mass is 15.2. The van der Waals surface area contributed by atoms with Gasteiger partial charge in [0, 0.05) is 18.6 Å². The lowest BCUT2D eigenvalue weighted by Crippen LogP contribution is -2.53. The molecule has 2 aliphatic rings. The molecule has 1 aliphatic carbocycles. The number of nitrogens with zero attached hydrogens (tertiary/aromatic N) is 1. The Hall–Kier alpha value is -0.860. The van der Waals surface area contributed by atoms with Crippen molar-refractivity contribution in [3.63, 3.8) is 0 Å². The van der Waals surface area contributed by atoms with Crippen molar-refractivity contribution >= 4 is 0 Å². The Balaban J connectivity index is 1.78. The van der Waals surface area contributed by atoms with Crippen molar-refractivity contribution in [2.75, 3.05) is 13.1 Å². The Bertz CT molecular complexity index is 417. The Morgan fingerprint density at radius 3 is 2.65 bits per heavy atom. The van der Waals surface area contributed by atoms with Crippen molar-refractivity contribution < 1.29 is 0 Å². The first-order valence-corrected chi connectivity index (χ1v) is 8.32. The van der Waals surface area contributed by atoms with E-state index in [0.717, 1.165) is 18.5 Å². The number of nitrogens with two attached hydrogens (primary N) is 1. The molecule has 1 heterocycles. The molecule has 4 unspecified atom stereocenters. The molecule has 0 radical (unpaired) electrons. The quantitative estimate of drug-likeness (QED) is 0.910. The van der Waals surface area contributed by atoms with E-state index in [-0.39, 0.29) is 0 Å². The van der Waals surface area contributed by atoms with E-state index in [2.05, 4.69) is 42.2 Å². The summed E-state index contributed by atoms with van der Waals surface area (Å²) in [6.07, 6.45) is 7.06. The molecule has 2 fully saturated rings. The molecule has 0 aromatic heterocycles. The van der Waals surface area contributed by atoms with Crippen molar-refractivity contribution in [3.05, 3.63) is 35.9 Å². The largest absolute Gasteiger partial charge is 0.329 e. The minimum Gasteiger partial charge on any atom is -0.329 e. The summed E-state index contributed by atoms with van der Waals surface area (Å²) in [6, 6.07) is 12.2. The van der Waals surface area contributed by atoms with Gasteiger partial charge in [-0.3, -0.25) is 4.90 Å². The van der Waals surface area contributed by atoms with Crippen LogP contribution in [0.15, 0.2) is 30.3 Å². The van der Waals surface area contributed by atoms with Crippen LogP contribution in [0.3, 0.4) is 0 Å². The molecule has 2 heteroatoms. The summed E-state index contributed by atoms with van der Waals surface area (Å²) in [7, 11) is 0. The average Bonchev–Trinajstić information content (AvgIpc) is 2.98. The second-order valence-electron chi connectivity index (χ2n) is 6.64. The van der Waals surface area contributed by atoms with Gasteiger partial charge in [0.1, 0.15) is 0 Å². The maximum absolute atomic E-state index is 6.18. The molecule has 0 amide bonds. The van der Waals surface area contributed by atoms with E-state index in [0.29, 0.717) is 12.0 Å². The smallest absolute Gasteiger partial charge is 0.0287 e. The van der Waals surface area contributed by atoms with Gasteiger partial charge in [0.15, 0.2) is 0 Å². The Labute approximate surface area is 123 Å². The fraction of sp³-hybridized carbons (Fsp3) is 0.667. The molecule has 4 atom stereocenters. The van der Waals surface area contributed by atoms with Gasteiger partial charge in [-0.05, 0) is 49.6 Å². The predicted molar refractivity (Wildman–Crippen MR) is 84.8 cm³/mol. The molecule has 2 nitrogen and oxygen atoms in total. The molecule has 1 aromatic rings. The van der Waals surface area contributed by atoms with Crippen LogP contribution in [0.1, 0.15) is 50.5 Å². The van der Waals surface area contributed by atoms with Gasteiger partial charge in [-0.2, -0.15) is 0 Å². The van der Waals surface area contributed by atoms with Crippen LogP contribution in [0.2, 0.25) is 0 Å². The summed E-state index contributed by atoms with van der Waals surface area (Å²) in [4.78, 5) is 2.76. The molecule has 0 spiro atoms. The van der Waals surface area contributed by atoms with E-state index >= 15 is 0 Å². The van der Waals surface area contributed by atoms with Crippen LogP contribution in [0, 0.1) is 5.92 Å². The van der Waals surface area contributed by atoms with E-state index < -0.39 is 0 Å². The molecule has 1 aromatic carbocycles. The number of likely N-dealkylation sites (tertiary alicyclic amines) is 1. The molecule has 1 saturated heterocycles. The van der Waals surface area contributed by atoms with Crippen LogP contribution >= 0.6 is 0 Å². The van der Waals surface area contributed by atoms with Crippen molar-refractivity contribution in [2.45, 2.75) is 57.0 Å². The zero-order valence-corrected chi connectivity index (χ0v) is 12.7. The maximum Gasteiger partial charge on any atom is 0.0287 e. The third-order valence-electron chi connectivity index (χ3n) is 5.61. The van der Waals surface area contributed by atoms with Gasteiger partial charge in [0.05, 0.1) is 0 Å². The highest BCUT2D eigenvalue weighted by molar-refractivity contribution is 5.21.